The number of halogens is 4. The number of ether oxygens (including phenoxy) is 1. The molecule has 2 N–H and O–H groups in total. The lowest BCUT2D eigenvalue weighted by molar-refractivity contribution is -0.139. The molecule has 0 saturated carbocycles. The predicted molar refractivity (Wildman–Crippen MR) is 101 cm³/mol. The molecule has 6 nitrogen and oxygen atoms in total. The molecule has 0 bridgehead atoms. The first-order valence-electron chi connectivity index (χ1n) is 8.78. The molecular formula is C19H20F4N2O4S. The number of carbonyl (C=O) groups is 1. The molecule has 0 aliphatic carbocycles. The molecule has 1 unspecified atom stereocenters. The summed E-state index contributed by atoms with van der Waals surface area (Å²) in [6.07, 6.45) is -4.88. The van der Waals surface area contributed by atoms with Gasteiger partial charge in [0.15, 0.2) is 11.6 Å². The molecule has 2 atom stereocenters. The van der Waals surface area contributed by atoms with E-state index < -0.39 is 50.5 Å². The van der Waals surface area contributed by atoms with E-state index in [0.29, 0.717) is 6.07 Å². The highest BCUT2D eigenvalue weighted by molar-refractivity contribution is 7.89. The van der Waals surface area contributed by atoms with Crippen LogP contribution < -0.4 is 14.8 Å². The van der Waals surface area contributed by atoms with E-state index in [9.17, 15) is 30.8 Å². The molecule has 164 valence electrons. The van der Waals surface area contributed by atoms with Crippen LogP contribution in [0.4, 0.5) is 17.6 Å². The highest BCUT2D eigenvalue weighted by Crippen LogP contribution is 2.33. The Hall–Kier alpha value is -2.66. The van der Waals surface area contributed by atoms with Crippen LogP contribution in [0.2, 0.25) is 0 Å². The van der Waals surface area contributed by atoms with Crippen LogP contribution in [0.3, 0.4) is 0 Å². The van der Waals surface area contributed by atoms with Gasteiger partial charge in [0.2, 0.25) is 15.9 Å². The lowest BCUT2D eigenvalue weighted by atomic mass is 10.2. The first-order valence-corrected chi connectivity index (χ1v) is 10.3. The Labute approximate surface area is 171 Å². The van der Waals surface area contributed by atoms with Gasteiger partial charge >= 0.3 is 6.18 Å². The molecule has 11 heteroatoms. The summed E-state index contributed by atoms with van der Waals surface area (Å²) in [5.41, 5.74) is -1.34. The summed E-state index contributed by atoms with van der Waals surface area (Å²) in [5, 5.41) is 2.45. The zero-order valence-electron chi connectivity index (χ0n) is 16.0. The predicted octanol–water partition coefficient (Wildman–Crippen LogP) is 3.10. The Morgan fingerprint density at radius 2 is 1.67 bits per heavy atom. The van der Waals surface area contributed by atoms with Gasteiger partial charge < -0.3 is 10.1 Å². The van der Waals surface area contributed by atoms with Crippen LogP contribution in [-0.4, -0.2) is 33.0 Å². The molecule has 0 radical (unpaired) electrons. The quantitative estimate of drug-likeness (QED) is 0.608. The Kier molecular flexibility index (Phi) is 7.43. The van der Waals surface area contributed by atoms with E-state index in [1.807, 2.05) is 4.72 Å². The number of benzene rings is 2. The second kappa shape index (κ2) is 9.43. The van der Waals surface area contributed by atoms with E-state index in [1.165, 1.54) is 25.1 Å². The molecule has 0 aromatic heterocycles. The third-order valence-electron chi connectivity index (χ3n) is 3.92. The topological polar surface area (TPSA) is 84.5 Å². The third kappa shape index (κ3) is 6.17. The molecule has 0 aliphatic rings. The van der Waals surface area contributed by atoms with Crippen molar-refractivity contribution < 1.29 is 35.5 Å². The molecule has 0 heterocycles. The van der Waals surface area contributed by atoms with Gasteiger partial charge in [-0.2, -0.15) is 17.9 Å². The molecule has 0 spiro atoms. The van der Waals surface area contributed by atoms with Crippen molar-refractivity contribution in [3.05, 3.63) is 59.9 Å². The van der Waals surface area contributed by atoms with Crippen molar-refractivity contribution >= 4 is 15.9 Å². The fourth-order valence-corrected chi connectivity index (χ4v) is 3.90. The Bertz CT molecular complexity index is 996. The molecule has 2 aromatic carbocycles. The molecule has 0 aliphatic heterocycles. The van der Waals surface area contributed by atoms with E-state index >= 15 is 0 Å². The van der Waals surface area contributed by atoms with Gasteiger partial charge in [-0.05, 0) is 38.1 Å². The van der Waals surface area contributed by atoms with Gasteiger partial charge in [-0.1, -0.05) is 24.3 Å². The van der Waals surface area contributed by atoms with Gasteiger partial charge in [0.25, 0.3) is 0 Å². The van der Waals surface area contributed by atoms with Crippen LogP contribution in [0, 0.1) is 5.82 Å². The first kappa shape index (κ1) is 23.6. The maximum absolute atomic E-state index is 13.5. The fraction of sp³-hybridized carbons (Fsp3) is 0.316. The molecule has 2 aromatic rings. The standard InChI is InChI=1S/C19H20F4N2O4S/c1-12(11-29-16-9-5-4-8-15(16)20)24-18(26)13(2)25-30(27,28)17-10-6-3-7-14(17)19(21,22)23/h3-10,12-13,25H,11H2,1-2H3,(H,24,26)/t12?,13-/m0/s1. The number of para-hydroxylation sites is 1. The van der Waals surface area contributed by atoms with E-state index in [-0.39, 0.29) is 12.4 Å². The second-order valence-electron chi connectivity index (χ2n) is 6.49. The van der Waals surface area contributed by atoms with Crippen LogP contribution in [0.5, 0.6) is 5.75 Å². The zero-order chi connectivity index (χ0) is 22.5. The zero-order valence-corrected chi connectivity index (χ0v) is 16.9. The van der Waals surface area contributed by atoms with Crippen LogP contribution in [0.25, 0.3) is 0 Å². The lowest BCUT2D eigenvalue weighted by Gasteiger charge is -2.20. The van der Waals surface area contributed by atoms with Gasteiger partial charge in [0.1, 0.15) is 6.61 Å². The number of hydrogen-bond donors (Lipinski definition) is 2. The number of rotatable bonds is 8. The summed E-state index contributed by atoms with van der Waals surface area (Å²) in [6, 6.07) is 7.31. The maximum atomic E-state index is 13.5. The van der Waals surface area contributed by atoms with Gasteiger partial charge in [0, 0.05) is 0 Å². The van der Waals surface area contributed by atoms with Crippen LogP contribution in [0.1, 0.15) is 19.4 Å². The largest absolute Gasteiger partial charge is 0.488 e. The molecule has 30 heavy (non-hydrogen) atoms. The number of sulfonamides is 1. The summed E-state index contributed by atoms with van der Waals surface area (Å²) in [7, 11) is -4.63. The SMILES string of the molecule is CC(COc1ccccc1F)NC(=O)[C@H](C)NS(=O)(=O)c1ccccc1C(F)(F)F. The first-order chi connectivity index (χ1) is 13.9. The number of alkyl halides is 3. The lowest BCUT2D eigenvalue weighted by Crippen LogP contribution is -2.48. The van der Waals surface area contributed by atoms with E-state index in [4.69, 9.17) is 4.74 Å². The fourth-order valence-electron chi connectivity index (χ4n) is 2.47. The molecule has 0 fully saturated rings. The van der Waals surface area contributed by atoms with Crippen LogP contribution >= 0.6 is 0 Å². The van der Waals surface area contributed by atoms with Crippen molar-refractivity contribution in [3.8, 4) is 5.75 Å². The van der Waals surface area contributed by atoms with E-state index in [0.717, 1.165) is 18.2 Å². The molecule has 0 saturated heterocycles. The van der Waals surface area contributed by atoms with Crippen LogP contribution in [0.15, 0.2) is 53.4 Å². The van der Waals surface area contributed by atoms with Crippen molar-refractivity contribution in [1.29, 1.82) is 0 Å². The number of nitrogens with one attached hydrogen (secondary N) is 2. The summed E-state index contributed by atoms with van der Waals surface area (Å²) in [4.78, 5) is 11.3. The summed E-state index contributed by atoms with van der Waals surface area (Å²) >= 11 is 0. The smallest absolute Gasteiger partial charge is 0.417 e. The van der Waals surface area contributed by atoms with E-state index in [1.54, 1.807) is 13.0 Å². The Morgan fingerprint density at radius 3 is 2.30 bits per heavy atom. The second-order valence-corrected chi connectivity index (χ2v) is 8.17. The van der Waals surface area contributed by atoms with Gasteiger partial charge in [0.05, 0.1) is 22.5 Å². The van der Waals surface area contributed by atoms with Crippen molar-refractivity contribution in [2.24, 2.45) is 0 Å². The molecule has 2 rings (SSSR count). The van der Waals surface area contributed by atoms with Crippen molar-refractivity contribution in [1.82, 2.24) is 10.0 Å². The average Bonchev–Trinajstić information content (AvgIpc) is 2.66. The Balaban J connectivity index is 2.00. The van der Waals surface area contributed by atoms with E-state index in [2.05, 4.69) is 5.32 Å². The van der Waals surface area contributed by atoms with Crippen molar-refractivity contribution in [2.75, 3.05) is 6.61 Å². The summed E-state index contributed by atoms with van der Waals surface area (Å²) < 4.78 is 84.8. The average molecular weight is 448 g/mol. The highest BCUT2D eigenvalue weighted by Gasteiger charge is 2.37. The van der Waals surface area contributed by atoms with Gasteiger partial charge in [-0.3, -0.25) is 4.79 Å². The number of carbonyl (C=O) groups excluding carboxylic acids is 1. The van der Waals surface area contributed by atoms with Crippen molar-refractivity contribution in [2.45, 2.75) is 37.0 Å². The summed E-state index contributed by atoms with van der Waals surface area (Å²) in [5.74, 6) is -1.38. The highest BCUT2D eigenvalue weighted by atomic mass is 32.2. The minimum absolute atomic E-state index is 0.0175. The molecule has 1 amide bonds. The Morgan fingerprint density at radius 1 is 1.07 bits per heavy atom. The normalized spacial score (nSPS) is 14.1. The maximum Gasteiger partial charge on any atom is 0.417 e. The third-order valence-corrected chi connectivity index (χ3v) is 5.52. The minimum Gasteiger partial charge on any atom is -0.488 e. The van der Waals surface area contributed by atoms with Crippen LogP contribution in [-0.2, 0) is 21.0 Å². The minimum atomic E-state index is -4.88. The molecular weight excluding hydrogens is 428 g/mol. The number of hydrogen-bond acceptors (Lipinski definition) is 4. The van der Waals surface area contributed by atoms with Gasteiger partial charge in [-0.25, -0.2) is 12.8 Å². The van der Waals surface area contributed by atoms with Gasteiger partial charge in [-0.15, -0.1) is 0 Å². The summed E-state index contributed by atoms with van der Waals surface area (Å²) in [6.45, 7) is 2.62. The van der Waals surface area contributed by atoms with Crippen molar-refractivity contribution in [3.63, 3.8) is 0 Å². The monoisotopic (exact) mass is 448 g/mol. The number of amides is 1.